The number of amides is 1. The van der Waals surface area contributed by atoms with Crippen molar-refractivity contribution in [2.45, 2.75) is 57.7 Å². The van der Waals surface area contributed by atoms with E-state index in [2.05, 4.69) is 25.9 Å². The van der Waals surface area contributed by atoms with E-state index < -0.39 is 12.0 Å². The number of carbonyl (C=O) groups is 2. The van der Waals surface area contributed by atoms with E-state index in [1.165, 1.54) is 26.4 Å². The lowest BCUT2D eigenvalue weighted by Gasteiger charge is -2.27. The first-order valence-electron chi connectivity index (χ1n) is 14.6. The summed E-state index contributed by atoms with van der Waals surface area (Å²) in [7, 11) is 1.35. The second kappa shape index (κ2) is 15.0. The third-order valence-electron chi connectivity index (χ3n) is 7.68. The average Bonchev–Trinajstić information content (AvgIpc) is 3.59. The molecule has 2 aromatic heterocycles. The van der Waals surface area contributed by atoms with Crippen molar-refractivity contribution in [2.24, 2.45) is 5.92 Å². The normalized spacial score (nSPS) is 14.1. The molecule has 1 amide bonds. The summed E-state index contributed by atoms with van der Waals surface area (Å²) in [6, 6.07) is 13.7. The summed E-state index contributed by atoms with van der Waals surface area (Å²) in [5.74, 6) is 1.31. The highest BCUT2D eigenvalue weighted by Crippen LogP contribution is 2.29. The highest BCUT2D eigenvalue weighted by atomic mass is 35.5. The molecular formula is C32H35Cl2N7O3. The van der Waals surface area contributed by atoms with Crippen molar-refractivity contribution in [1.82, 2.24) is 24.8 Å². The highest BCUT2D eigenvalue weighted by Gasteiger charge is 2.25. The number of methoxy groups -OCH3 is 1. The zero-order valence-electron chi connectivity index (χ0n) is 24.4. The van der Waals surface area contributed by atoms with Crippen molar-refractivity contribution in [2.75, 3.05) is 17.7 Å². The lowest BCUT2D eigenvalue weighted by atomic mass is 9.84. The number of halogens is 2. The van der Waals surface area contributed by atoms with Crippen molar-refractivity contribution in [3.63, 3.8) is 0 Å². The third-order valence-corrected chi connectivity index (χ3v) is 8.27. The smallest absolute Gasteiger partial charge is 0.337 e. The molecule has 2 aromatic carbocycles. The maximum absolute atomic E-state index is 13.6. The van der Waals surface area contributed by atoms with Gasteiger partial charge in [-0.3, -0.25) is 9.36 Å². The number of nitrogens with one attached hydrogen (secondary N) is 3. The number of aromatic nitrogens is 4. The standard InChI is InChI=1S/C32H35Cl2N7O3/c1-44-31(43)23-9-5-8-22(14-23)18-37-32-39-28(17-29(40-32)41-13-12-35-20-41)38-27(15-21-6-3-2-4-7-21)30(42)36-19-24-10-11-25(33)16-26(24)34/h5,8-14,16-17,20-21,27H,2-4,6-7,15,18-19H2,1H3,(H,36,42)(H2,37,38,39,40)/t27-/m1/s1. The summed E-state index contributed by atoms with van der Waals surface area (Å²) in [6.07, 6.45) is 11.5. The molecule has 1 fully saturated rings. The van der Waals surface area contributed by atoms with Crippen molar-refractivity contribution in [1.29, 1.82) is 0 Å². The van der Waals surface area contributed by atoms with Crippen LogP contribution < -0.4 is 16.0 Å². The maximum Gasteiger partial charge on any atom is 0.337 e. The largest absolute Gasteiger partial charge is 0.465 e. The highest BCUT2D eigenvalue weighted by molar-refractivity contribution is 6.35. The predicted molar refractivity (Wildman–Crippen MR) is 171 cm³/mol. The molecule has 1 aliphatic carbocycles. The first-order chi connectivity index (χ1) is 21.4. The quantitative estimate of drug-likeness (QED) is 0.152. The zero-order chi connectivity index (χ0) is 30.9. The van der Waals surface area contributed by atoms with Gasteiger partial charge >= 0.3 is 5.97 Å². The molecule has 2 heterocycles. The van der Waals surface area contributed by atoms with Gasteiger partial charge in [0.2, 0.25) is 11.9 Å². The molecule has 0 radical (unpaired) electrons. The monoisotopic (exact) mass is 635 g/mol. The molecule has 230 valence electrons. The first kappa shape index (κ1) is 31.3. The number of nitrogens with zero attached hydrogens (tertiary/aromatic N) is 4. The first-order valence-corrected chi connectivity index (χ1v) is 15.4. The molecular weight excluding hydrogens is 601 g/mol. The molecule has 0 saturated heterocycles. The maximum atomic E-state index is 13.6. The minimum atomic E-state index is -0.528. The number of hydrogen-bond donors (Lipinski definition) is 3. The van der Waals surface area contributed by atoms with E-state index >= 15 is 0 Å². The van der Waals surface area contributed by atoms with Gasteiger partial charge in [-0.1, -0.05) is 73.5 Å². The molecule has 12 heteroatoms. The summed E-state index contributed by atoms with van der Waals surface area (Å²) in [5.41, 5.74) is 2.10. The molecule has 1 saturated carbocycles. The topological polar surface area (TPSA) is 123 Å². The van der Waals surface area contributed by atoms with Gasteiger partial charge in [0.25, 0.3) is 0 Å². The van der Waals surface area contributed by atoms with Crippen LogP contribution in [0, 0.1) is 5.92 Å². The van der Waals surface area contributed by atoms with Crippen molar-refractivity contribution in [3.8, 4) is 5.82 Å². The van der Waals surface area contributed by atoms with E-state index in [-0.39, 0.29) is 12.5 Å². The minimum Gasteiger partial charge on any atom is -0.465 e. The number of benzene rings is 2. The molecule has 0 spiro atoms. The van der Waals surface area contributed by atoms with Crippen LogP contribution in [0.1, 0.15) is 60.0 Å². The fourth-order valence-corrected chi connectivity index (χ4v) is 5.83. The Hall–Kier alpha value is -4.15. The Kier molecular flexibility index (Phi) is 10.7. The Morgan fingerprint density at radius 1 is 1.05 bits per heavy atom. The van der Waals surface area contributed by atoms with E-state index in [1.807, 2.05) is 12.1 Å². The fraction of sp³-hybridized carbons (Fsp3) is 0.344. The lowest BCUT2D eigenvalue weighted by Crippen LogP contribution is -2.41. The summed E-state index contributed by atoms with van der Waals surface area (Å²) < 4.78 is 6.62. The molecule has 1 atom stereocenters. The Morgan fingerprint density at radius 2 is 1.89 bits per heavy atom. The van der Waals surface area contributed by atoms with Gasteiger partial charge in [-0.2, -0.15) is 9.97 Å². The summed E-state index contributed by atoms with van der Waals surface area (Å²) in [5, 5.41) is 10.8. The van der Waals surface area contributed by atoms with Crippen LogP contribution in [0.3, 0.4) is 0 Å². The van der Waals surface area contributed by atoms with Crippen molar-refractivity contribution in [3.05, 3.63) is 94.0 Å². The van der Waals surface area contributed by atoms with E-state index in [4.69, 9.17) is 32.9 Å². The van der Waals surface area contributed by atoms with Gasteiger partial charge in [0.1, 0.15) is 24.0 Å². The van der Waals surface area contributed by atoms with E-state index in [0.717, 1.165) is 24.0 Å². The number of ether oxygens (including phenoxy) is 1. The van der Waals surface area contributed by atoms with Gasteiger partial charge in [0.15, 0.2) is 0 Å². The molecule has 4 aromatic rings. The summed E-state index contributed by atoms with van der Waals surface area (Å²) in [4.78, 5) is 39.2. The van der Waals surface area contributed by atoms with Crippen LogP contribution in [-0.2, 0) is 22.6 Å². The molecule has 0 bridgehead atoms. The molecule has 1 aliphatic rings. The predicted octanol–water partition coefficient (Wildman–Crippen LogP) is 6.44. The third kappa shape index (κ3) is 8.48. The van der Waals surface area contributed by atoms with Gasteiger partial charge in [0.05, 0.1) is 12.7 Å². The van der Waals surface area contributed by atoms with Crippen LogP contribution in [0.15, 0.2) is 67.3 Å². The van der Waals surface area contributed by atoms with Gasteiger partial charge in [-0.15, -0.1) is 0 Å². The van der Waals surface area contributed by atoms with Crippen molar-refractivity contribution < 1.29 is 14.3 Å². The minimum absolute atomic E-state index is 0.140. The van der Waals surface area contributed by atoms with Crippen LogP contribution in [0.2, 0.25) is 10.0 Å². The summed E-state index contributed by atoms with van der Waals surface area (Å²) in [6.45, 7) is 0.644. The number of imidazole rings is 1. The van der Waals surface area contributed by atoms with E-state index in [1.54, 1.807) is 59.7 Å². The second-order valence-electron chi connectivity index (χ2n) is 10.8. The van der Waals surface area contributed by atoms with Crippen molar-refractivity contribution >= 4 is 46.8 Å². The van der Waals surface area contributed by atoms with E-state index in [0.29, 0.717) is 52.1 Å². The Labute approximate surface area is 266 Å². The van der Waals surface area contributed by atoms with Crippen LogP contribution in [-0.4, -0.2) is 44.5 Å². The summed E-state index contributed by atoms with van der Waals surface area (Å²) >= 11 is 12.4. The zero-order valence-corrected chi connectivity index (χ0v) is 25.9. The fourth-order valence-electron chi connectivity index (χ4n) is 5.36. The lowest BCUT2D eigenvalue weighted by molar-refractivity contribution is -0.122. The molecule has 44 heavy (non-hydrogen) atoms. The van der Waals surface area contributed by atoms with Crippen LogP contribution in [0.5, 0.6) is 0 Å². The Balaban J connectivity index is 1.37. The Morgan fingerprint density at radius 3 is 2.64 bits per heavy atom. The van der Waals surface area contributed by atoms with E-state index in [9.17, 15) is 9.59 Å². The molecule has 0 unspecified atom stereocenters. The Bertz CT molecular complexity index is 1580. The van der Waals surface area contributed by atoms with Crippen LogP contribution in [0.25, 0.3) is 5.82 Å². The second-order valence-corrected chi connectivity index (χ2v) is 11.7. The molecule has 0 aliphatic heterocycles. The number of esters is 1. The van der Waals surface area contributed by atoms with Crippen LogP contribution >= 0.6 is 23.2 Å². The number of rotatable bonds is 12. The number of hydrogen-bond acceptors (Lipinski definition) is 8. The molecule has 3 N–H and O–H groups in total. The van der Waals surface area contributed by atoms with Crippen LogP contribution in [0.4, 0.5) is 11.8 Å². The molecule has 5 rings (SSSR count). The SMILES string of the molecule is COC(=O)c1cccc(CNc2nc(N[C@H](CC3CCCCC3)C(=O)NCc3ccc(Cl)cc3Cl)cc(-n3ccnc3)n2)c1. The molecule has 10 nitrogen and oxygen atoms in total. The number of anilines is 2. The van der Waals surface area contributed by atoms with Gasteiger partial charge in [0, 0.05) is 41.6 Å². The van der Waals surface area contributed by atoms with Gasteiger partial charge in [-0.05, 0) is 47.7 Å². The number of carbonyl (C=O) groups excluding carboxylic acids is 2. The van der Waals surface area contributed by atoms with Gasteiger partial charge < -0.3 is 20.7 Å². The van der Waals surface area contributed by atoms with Gasteiger partial charge in [-0.25, -0.2) is 9.78 Å². The average molecular weight is 637 g/mol.